The lowest BCUT2D eigenvalue weighted by atomic mass is 9.64. The quantitative estimate of drug-likeness (QED) is 0.746. The van der Waals surface area contributed by atoms with Crippen LogP contribution in [0, 0.1) is 17.3 Å². The molecule has 3 unspecified atom stereocenters. The number of hydrogen-bond acceptors (Lipinski definition) is 2. The largest absolute Gasteiger partial charge is 0.377 e. The molecule has 2 nitrogen and oxygen atoms in total. The Morgan fingerprint density at radius 3 is 2.22 bits per heavy atom. The van der Waals surface area contributed by atoms with Crippen molar-refractivity contribution in [2.24, 2.45) is 17.3 Å². The predicted octanol–water partition coefficient (Wildman–Crippen LogP) is 3.85. The summed E-state index contributed by atoms with van der Waals surface area (Å²) in [5.41, 5.74) is 0.275. The fraction of sp³-hybridized carbons (Fsp3) is 1.00. The van der Waals surface area contributed by atoms with Gasteiger partial charge in [-0.15, -0.1) is 0 Å². The summed E-state index contributed by atoms with van der Waals surface area (Å²) >= 11 is 0. The molecule has 0 aromatic heterocycles. The van der Waals surface area contributed by atoms with E-state index in [4.69, 9.17) is 4.74 Å². The molecule has 1 aliphatic carbocycles. The highest BCUT2D eigenvalue weighted by atomic mass is 16.5. The normalized spacial score (nSPS) is 28.5. The maximum atomic E-state index is 6.02. The maximum Gasteiger partial charge on any atom is 0.0656 e. The van der Waals surface area contributed by atoms with Gasteiger partial charge in [-0.05, 0) is 24.7 Å². The van der Waals surface area contributed by atoms with Crippen molar-refractivity contribution in [2.45, 2.75) is 79.5 Å². The van der Waals surface area contributed by atoms with Gasteiger partial charge in [-0.3, -0.25) is 0 Å². The van der Waals surface area contributed by atoms with E-state index in [1.54, 1.807) is 0 Å². The van der Waals surface area contributed by atoms with E-state index < -0.39 is 0 Å². The minimum atomic E-state index is 0.275. The van der Waals surface area contributed by atoms with E-state index in [9.17, 15) is 0 Å². The second-order valence-electron chi connectivity index (χ2n) is 7.25. The van der Waals surface area contributed by atoms with Crippen LogP contribution in [0.4, 0.5) is 0 Å². The van der Waals surface area contributed by atoms with Crippen LogP contribution in [0.1, 0.15) is 61.3 Å². The summed E-state index contributed by atoms with van der Waals surface area (Å²) in [6, 6.07) is 1.25. The van der Waals surface area contributed by atoms with E-state index in [2.05, 4.69) is 53.8 Å². The molecule has 0 spiro atoms. The van der Waals surface area contributed by atoms with Crippen molar-refractivity contribution in [1.82, 2.24) is 5.32 Å². The molecule has 0 heterocycles. The molecule has 0 amide bonds. The average molecular weight is 255 g/mol. The zero-order valence-electron chi connectivity index (χ0n) is 13.4. The van der Waals surface area contributed by atoms with Gasteiger partial charge in [0.25, 0.3) is 0 Å². The van der Waals surface area contributed by atoms with Gasteiger partial charge in [0.2, 0.25) is 0 Å². The Morgan fingerprint density at radius 1 is 1.22 bits per heavy atom. The minimum Gasteiger partial charge on any atom is -0.377 e. The van der Waals surface area contributed by atoms with Crippen LogP contribution >= 0.6 is 0 Å². The molecule has 0 aromatic carbocycles. The van der Waals surface area contributed by atoms with Crippen LogP contribution in [0.25, 0.3) is 0 Å². The molecule has 3 atom stereocenters. The molecule has 1 aliphatic rings. The van der Waals surface area contributed by atoms with Crippen molar-refractivity contribution in [3.8, 4) is 0 Å². The molecular formula is C16H33NO. The van der Waals surface area contributed by atoms with E-state index >= 15 is 0 Å². The average Bonchev–Trinajstić information content (AvgIpc) is 2.26. The summed E-state index contributed by atoms with van der Waals surface area (Å²) in [7, 11) is 0. The van der Waals surface area contributed by atoms with Crippen LogP contribution in [-0.2, 0) is 4.74 Å². The Morgan fingerprint density at radius 2 is 1.83 bits per heavy atom. The second-order valence-corrected chi connectivity index (χ2v) is 7.25. The zero-order valence-corrected chi connectivity index (χ0v) is 13.4. The number of ether oxygens (including phenoxy) is 1. The monoisotopic (exact) mass is 255 g/mol. The molecule has 108 valence electrons. The number of rotatable bonds is 7. The smallest absolute Gasteiger partial charge is 0.0656 e. The van der Waals surface area contributed by atoms with Crippen molar-refractivity contribution in [1.29, 1.82) is 0 Å². The fourth-order valence-corrected chi connectivity index (χ4v) is 2.80. The van der Waals surface area contributed by atoms with Crippen LogP contribution in [-0.4, -0.2) is 24.8 Å². The highest BCUT2D eigenvalue weighted by Crippen LogP contribution is 2.43. The summed E-state index contributed by atoms with van der Waals surface area (Å²) < 4.78 is 6.02. The highest BCUT2D eigenvalue weighted by Gasteiger charge is 2.49. The summed E-state index contributed by atoms with van der Waals surface area (Å²) in [4.78, 5) is 0. The van der Waals surface area contributed by atoms with Crippen molar-refractivity contribution in [2.75, 3.05) is 6.61 Å². The first-order valence-corrected chi connectivity index (χ1v) is 7.66. The Labute approximate surface area is 114 Å². The lowest BCUT2D eigenvalue weighted by Crippen LogP contribution is -2.63. The first-order valence-electron chi connectivity index (χ1n) is 7.66. The van der Waals surface area contributed by atoms with Crippen LogP contribution in [0.15, 0.2) is 0 Å². The molecular weight excluding hydrogens is 222 g/mol. The second kappa shape index (κ2) is 6.38. The molecule has 0 aliphatic heterocycles. The highest BCUT2D eigenvalue weighted by molar-refractivity contribution is 5.03. The Hall–Kier alpha value is -0.0800. The molecule has 0 aromatic rings. The number of hydrogen-bond donors (Lipinski definition) is 1. The van der Waals surface area contributed by atoms with Crippen molar-refractivity contribution in [3.63, 3.8) is 0 Å². The lowest BCUT2D eigenvalue weighted by Gasteiger charge is -2.53. The van der Waals surface area contributed by atoms with Gasteiger partial charge in [-0.25, -0.2) is 0 Å². The molecule has 1 N–H and O–H groups in total. The molecule has 1 fully saturated rings. The molecule has 0 saturated heterocycles. The van der Waals surface area contributed by atoms with Gasteiger partial charge in [0.15, 0.2) is 0 Å². The van der Waals surface area contributed by atoms with E-state index in [1.165, 1.54) is 12.8 Å². The van der Waals surface area contributed by atoms with E-state index in [1.807, 2.05) is 0 Å². The molecule has 1 rings (SSSR count). The maximum absolute atomic E-state index is 6.02. The van der Waals surface area contributed by atoms with Crippen LogP contribution in [0.2, 0.25) is 0 Å². The summed E-state index contributed by atoms with van der Waals surface area (Å²) in [6.07, 6.45) is 2.81. The fourth-order valence-electron chi connectivity index (χ4n) is 2.80. The molecule has 18 heavy (non-hydrogen) atoms. The molecule has 0 radical (unpaired) electrons. The van der Waals surface area contributed by atoms with E-state index in [0.29, 0.717) is 30.0 Å². The van der Waals surface area contributed by atoms with Gasteiger partial charge >= 0.3 is 0 Å². The topological polar surface area (TPSA) is 21.3 Å². The van der Waals surface area contributed by atoms with Crippen LogP contribution in [0.3, 0.4) is 0 Å². The Balaban J connectivity index is 2.43. The van der Waals surface area contributed by atoms with Gasteiger partial charge in [0.1, 0.15) is 0 Å². The van der Waals surface area contributed by atoms with E-state index in [0.717, 1.165) is 6.61 Å². The molecule has 2 heteroatoms. The van der Waals surface area contributed by atoms with Crippen LogP contribution in [0.5, 0.6) is 0 Å². The Kier molecular flexibility index (Phi) is 5.67. The number of nitrogens with one attached hydrogen (secondary N) is 1. The van der Waals surface area contributed by atoms with Gasteiger partial charge in [-0.2, -0.15) is 0 Å². The summed E-state index contributed by atoms with van der Waals surface area (Å²) in [5, 5.41) is 3.83. The van der Waals surface area contributed by atoms with Crippen molar-refractivity contribution in [3.05, 3.63) is 0 Å². The van der Waals surface area contributed by atoms with Gasteiger partial charge < -0.3 is 10.1 Å². The Bertz CT molecular complexity index is 247. The minimum absolute atomic E-state index is 0.275. The SMILES string of the molecule is CCC(NC1CC(OCC(C)C)C1(C)C)C(C)C. The predicted molar refractivity (Wildman–Crippen MR) is 78.8 cm³/mol. The third-order valence-corrected chi connectivity index (χ3v) is 4.47. The third kappa shape index (κ3) is 3.71. The first-order chi connectivity index (χ1) is 8.28. The molecule has 1 saturated carbocycles. The van der Waals surface area contributed by atoms with Gasteiger partial charge in [0.05, 0.1) is 6.10 Å². The third-order valence-electron chi connectivity index (χ3n) is 4.47. The van der Waals surface area contributed by atoms with Gasteiger partial charge in [-0.1, -0.05) is 48.5 Å². The molecule has 0 bridgehead atoms. The van der Waals surface area contributed by atoms with Crippen molar-refractivity contribution >= 4 is 0 Å². The van der Waals surface area contributed by atoms with Crippen molar-refractivity contribution < 1.29 is 4.74 Å². The first kappa shape index (κ1) is 16.0. The van der Waals surface area contributed by atoms with E-state index in [-0.39, 0.29) is 5.41 Å². The van der Waals surface area contributed by atoms with Crippen LogP contribution < -0.4 is 5.32 Å². The van der Waals surface area contributed by atoms with Gasteiger partial charge in [0, 0.05) is 24.1 Å². The summed E-state index contributed by atoms with van der Waals surface area (Å²) in [5.74, 6) is 1.34. The standard InChI is InChI=1S/C16H33NO/c1-8-13(12(4)5)17-14-9-15(16(14,6)7)18-10-11(2)3/h11-15,17H,8-10H2,1-7H3. The zero-order chi connectivity index (χ0) is 13.9. The summed E-state index contributed by atoms with van der Waals surface area (Å²) in [6.45, 7) is 16.9. The lowest BCUT2D eigenvalue weighted by molar-refractivity contribution is -0.126.